The summed E-state index contributed by atoms with van der Waals surface area (Å²) in [6.45, 7) is 6.17. The molecule has 1 aliphatic rings. The Kier molecular flexibility index (Phi) is 7.47. The van der Waals surface area contributed by atoms with E-state index in [1.54, 1.807) is 0 Å². The summed E-state index contributed by atoms with van der Waals surface area (Å²) >= 11 is 6.02. The van der Waals surface area contributed by atoms with Gasteiger partial charge >= 0.3 is 0 Å². The molecule has 0 radical (unpaired) electrons. The van der Waals surface area contributed by atoms with Crippen LogP contribution in [0.15, 0.2) is 24.3 Å². The van der Waals surface area contributed by atoms with Crippen molar-refractivity contribution in [2.45, 2.75) is 44.9 Å². The van der Waals surface area contributed by atoms with Gasteiger partial charge in [-0.3, -0.25) is 9.59 Å². The number of nitrogens with two attached hydrogens (primary N) is 1. The molecule has 0 saturated carbocycles. The fourth-order valence-electron chi connectivity index (χ4n) is 3.87. The van der Waals surface area contributed by atoms with Crippen molar-refractivity contribution in [1.82, 2.24) is 10.2 Å². The number of nitrogens with one attached hydrogen (secondary N) is 1. The van der Waals surface area contributed by atoms with Crippen LogP contribution in [-0.4, -0.2) is 42.9 Å². The highest BCUT2D eigenvalue weighted by Gasteiger charge is 2.41. The Morgan fingerprint density at radius 2 is 1.92 bits per heavy atom. The van der Waals surface area contributed by atoms with E-state index >= 15 is 0 Å². The van der Waals surface area contributed by atoms with E-state index in [2.05, 4.69) is 5.32 Å². The third-order valence-electron chi connectivity index (χ3n) is 5.54. The van der Waals surface area contributed by atoms with Crippen molar-refractivity contribution >= 4 is 23.4 Å². The summed E-state index contributed by atoms with van der Waals surface area (Å²) in [7, 11) is 0. The number of benzene rings is 1. The summed E-state index contributed by atoms with van der Waals surface area (Å²) in [5.74, 6) is -0.0462. The standard InChI is InChI=1S/C20H30ClN3O2/c1-3-20(4-2,16-7-9-17(21)10-8-16)19(26)24-13-5-6-15(14-24)18(25)23-12-11-22/h7-10,15H,3-6,11-14,22H2,1-2H3,(H,23,25). The summed E-state index contributed by atoms with van der Waals surface area (Å²) in [4.78, 5) is 27.7. The molecule has 1 saturated heterocycles. The molecule has 2 amide bonds. The van der Waals surface area contributed by atoms with Gasteiger partial charge in [0.1, 0.15) is 0 Å². The SMILES string of the molecule is CCC(CC)(C(=O)N1CCCC(C(=O)NCCN)C1)c1ccc(Cl)cc1. The van der Waals surface area contributed by atoms with E-state index in [1.165, 1.54) is 0 Å². The molecule has 144 valence electrons. The van der Waals surface area contributed by atoms with Crippen molar-refractivity contribution in [2.24, 2.45) is 11.7 Å². The molecule has 1 aromatic carbocycles. The van der Waals surface area contributed by atoms with E-state index in [0.29, 0.717) is 44.0 Å². The van der Waals surface area contributed by atoms with Gasteiger partial charge in [0, 0.05) is 31.2 Å². The number of likely N-dealkylation sites (tertiary alicyclic amines) is 1. The highest BCUT2D eigenvalue weighted by Crippen LogP contribution is 2.35. The number of hydrogen-bond donors (Lipinski definition) is 2. The van der Waals surface area contributed by atoms with Crippen LogP contribution < -0.4 is 11.1 Å². The van der Waals surface area contributed by atoms with Crippen molar-refractivity contribution in [3.63, 3.8) is 0 Å². The molecule has 3 N–H and O–H groups in total. The number of hydrogen-bond acceptors (Lipinski definition) is 3. The first-order chi connectivity index (χ1) is 12.5. The first-order valence-electron chi connectivity index (χ1n) is 9.51. The highest BCUT2D eigenvalue weighted by molar-refractivity contribution is 6.30. The van der Waals surface area contributed by atoms with Crippen LogP contribution in [0.2, 0.25) is 5.02 Å². The van der Waals surface area contributed by atoms with E-state index in [4.69, 9.17) is 17.3 Å². The molecule has 0 bridgehead atoms. The Labute approximate surface area is 161 Å². The largest absolute Gasteiger partial charge is 0.355 e. The zero-order chi connectivity index (χ0) is 19.2. The fourth-order valence-corrected chi connectivity index (χ4v) is 4.00. The zero-order valence-corrected chi connectivity index (χ0v) is 16.5. The van der Waals surface area contributed by atoms with Crippen LogP contribution in [0, 0.1) is 5.92 Å². The van der Waals surface area contributed by atoms with Gasteiger partial charge in [0.15, 0.2) is 0 Å². The molecule has 5 nitrogen and oxygen atoms in total. The number of carbonyl (C=O) groups is 2. The third kappa shape index (κ3) is 4.38. The Morgan fingerprint density at radius 1 is 1.27 bits per heavy atom. The molecule has 1 atom stereocenters. The maximum absolute atomic E-state index is 13.5. The topological polar surface area (TPSA) is 75.4 Å². The maximum Gasteiger partial charge on any atom is 0.233 e. The van der Waals surface area contributed by atoms with Crippen molar-refractivity contribution in [3.05, 3.63) is 34.9 Å². The lowest BCUT2D eigenvalue weighted by molar-refractivity contribution is -0.141. The minimum atomic E-state index is -0.569. The van der Waals surface area contributed by atoms with Crippen molar-refractivity contribution in [3.8, 4) is 0 Å². The number of rotatable bonds is 7. The van der Waals surface area contributed by atoms with Crippen LogP contribution in [0.3, 0.4) is 0 Å². The Balaban J connectivity index is 2.20. The Morgan fingerprint density at radius 3 is 2.50 bits per heavy atom. The molecule has 0 aromatic heterocycles. The molecule has 0 spiro atoms. The number of piperidine rings is 1. The van der Waals surface area contributed by atoms with Gasteiger partial charge in [-0.2, -0.15) is 0 Å². The molecular formula is C20H30ClN3O2. The predicted octanol–water partition coefficient (Wildman–Crippen LogP) is 2.71. The second-order valence-corrected chi connectivity index (χ2v) is 7.40. The molecule has 0 aliphatic carbocycles. The van der Waals surface area contributed by atoms with E-state index in [9.17, 15) is 9.59 Å². The lowest BCUT2D eigenvalue weighted by Gasteiger charge is -2.40. The van der Waals surface area contributed by atoms with Gasteiger partial charge in [-0.05, 0) is 43.4 Å². The Hall–Kier alpha value is -1.59. The monoisotopic (exact) mass is 379 g/mol. The maximum atomic E-state index is 13.5. The summed E-state index contributed by atoms with van der Waals surface area (Å²) in [5.41, 5.74) is 5.88. The molecule has 1 unspecified atom stereocenters. The second kappa shape index (κ2) is 9.38. The van der Waals surface area contributed by atoms with Gasteiger partial charge in [0.25, 0.3) is 0 Å². The number of nitrogens with zero attached hydrogens (tertiary/aromatic N) is 1. The summed E-state index contributed by atoms with van der Waals surface area (Å²) in [6, 6.07) is 7.57. The molecule has 1 heterocycles. The van der Waals surface area contributed by atoms with Gasteiger partial charge in [0.2, 0.25) is 11.8 Å². The van der Waals surface area contributed by atoms with Gasteiger partial charge < -0.3 is 16.0 Å². The average Bonchev–Trinajstić information content (AvgIpc) is 2.68. The smallest absolute Gasteiger partial charge is 0.233 e. The van der Waals surface area contributed by atoms with E-state index < -0.39 is 5.41 Å². The second-order valence-electron chi connectivity index (χ2n) is 6.97. The zero-order valence-electron chi connectivity index (χ0n) is 15.8. The molecule has 6 heteroatoms. The van der Waals surface area contributed by atoms with Crippen molar-refractivity contribution in [1.29, 1.82) is 0 Å². The third-order valence-corrected chi connectivity index (χ3v) is 5.79. The normalized spacial score (nSPS) is 17.8. The fraction of sp³-hybridized carbons (Fsp3) is 0.600. The Bertz CT molecular complexity index is 614. The molecule has 1 aromatic rings. The minimum absolute atomic E-state index is 0.00181. The van der Waals surface area contributed by atoms with Crippen LogP contribution >= 0.6 is 11.6 Å². The molecule has 2 rings (SSSR count). The van der Waals surface area contributed by atoms with Gasteiger partial charge in [-0.25, -0.2) is 0 Å². The summed E-state index contributed by atoms with van der Waals surface area (Å²) in [6.07, 6.45) is 3.08. The predicted molar refractivity (Wildman–Crippen MR) is 105 cm³/mol. The van der Waals surface area contributed by atoms with Crippen LogP contribution in [0.25, 0.3) is 0 Å². The summed E-state index contributed by atoms with van der Waals surface area (Å²) in [5, 5.41) is 3.51. The summed E-state index contributed by atoms with van der Waals surface area (Å²) < 4.78 is 0. The highest BCUT2D eigenvalue weighted by atomic mass is 35.5. The van der Waals surface area contributed by atoms with Crippen LogP contribution in [0.5, 0.6) is 0 Å². The van der Waals surface area contributed by atoms with Gasteiger partial charge in [-0.15, -0.1) is 0 Å². The first-order valence-corrected chi connectivity index (χ1v) is 9.89. The minimum Gasteiger partial charge on any atom is -0.355 e. The quantitative estimate of drug-likeness (QED) is 0.764. The lowest BCUT2D eigenvalue weighted by atomic mass is 9.74. The molecule has 26 heavy (non-hydrogen) atoms. The van der Waals surface area contributed by atoms with Crippen molar-refractivity contribution < 1.29 is 9.59 Å². The van der Waals surface area contributed by atoms with Crippen LogP contribution in [0.4, 0.5) is 0 Å². The number of amides is 2. The van der Waals surface area contributed by atoms with Gasteiger partial charge in [-0.1, -0.05) is 37.6 Å². The van der Waals surface area contributed by atoms with Crippen molar-refractivity contribution in [2.75, 3.05) is 26.2 Å². The van der Waals surface area contributed by atoms with Crippen LogP contribution in [-0.2, 0) is 15.0 Å². The van der Waals surface area contributed by atoms with E-state index in [-0.39, 0.29) is 17.7 Å². The number of carbonyl (C=O) groups excluding carboxylic acids is 2. The lowest BCUT2D eigenvalue weighted by Crippen LogP contribution is -2.52. The average molecular weight is 380 g/mol. The first kappa shape index (κ1) is 20.7. The molecular weight excluding hydrogens is 350 g/mol. The number of halogens is 1. The molecule has 1 fully saturated rings. The molecule has 1 aliphatic heterocycles. The van der Waals surface area contributed by atoms with Crippen LogP contribution in [0.1, 0.15) is 45.1 Å². The van der Waals surface area contributed by atoms with E-state index in [0.717, 1.165) is 18.4 Å². The van der Waals surface area contributed by atoms with E-state index in [1.807, 2.05) is 43.0 Å². The van der Waals surface area contributed by atoms with Gasteiger partial charge in [0.05, 0.1) is 11.3 Å².